The summed E-state index contributed by atoms with van der Waals surface area (Å²) in [6, 6.07) is -1.63. The molecule has 2 atom stereocenters. The van der Waals surface area contributed by atoms with Gasteiger partial charge in [-0.05, 0) is 26.3 Å². The van der Waals surface area contributed by atoms with Gasteiger partial charge in [0.15, 0.2) is 10.8 Å². The molecule has 1 aromatic rings. The molecular formula is C18H22N8O7S. The number of carbonyl (C=O) groups excluding carboxylic acids is 3. The number of amides is 3. The number of nitrogens with one attached hydrogen (secondary N) is 3. The van der Waals surface area contributed by atoms with Crippen LogP contribution in [-0.4, -0.2) is 69.5 Å². The van der Waals surface area contributed by atoms with Crippen LogP contribution in [0.2, 0.25) is 0 Å². The van der Waals surface area contributed by atoms with Crippen molar-refractivity contribution in [2.24, 2.45) is 10.3 Å². The first-order valence-electron chi connectivity index (χ1n) is 10.0. The average Bonchev–Trinajstić information content (AvgIpc) is 3.40. The van der Waals surface area contributed by atoms with E-state index in [-0.39, 0.29) is 30.2 Å². The minimum Gasteiger partial charge on any atom is -0.478 e. The van der Waals surface area contributed by atoms with Crippen molar-refractivity contribution in [3.8, 4) is 0 Å². The predicted molar refractivity (Wildman–Crippen MR) is 117 cm³/mol. The Morgan fingerprint density at radius 3 is 2.68 bits per heavy atom. The summed E-state index contributed by atoms with van der Waals surface area (Å²) in [4.78, 5) is 60.1. The summed E-state index contributed by atoms with van der Waals surface area (Å²) in [6.07, 6.45) is -0.340. The maximum absolute atomic E-state index is 12.9. The summed E-state index contributed by atoms with van der Waals surface area (Å²) < 4.78 is 5.15. The number of β-lactam (4-membered cyclic amide) rings is 1. The van der Waals surface area contributed by atoms with Gasteiger partial charge in [-0.1, -0.05) is 10.3 Å². The second-order valence-electron chi connectivity index (χ2n) is 8.48. The topological polar surface area (TPSA) is 217 Å². The third-order valence-corrected chi connectivity index (χ3v) is 5.37. The molecule has 0 unspecified atom stereocenters. The Morgan fingerprint density at radius 2 is 2.12 bits per heavy atom. The van der Waals surface area contributed by atoms with Crippen LogP contribution in [0, 0.1) is 0 Å². The highest BCUT2D eigenvalue weighted by Crippen LogP contribution is 2.40. The number of aliphatic carboxylic acids is 1. The second-order valence-corrected chi connectivity index (χ2v) is 9.33. The average molecular weight is 494 g/mol. The zero-order valence-electron chi connectivity index (χ0n) is 18.4. The molecule has 1 aliphatic heterocycles. The van der Waals surface area contributed by atoms with Crippen LogP contribution in [0.5, 0.6) is 0 Å². The van der Waals surface area contributed by atoms with Crippen LogP contribution in [0.4, 0.5) is 9.93 Å². The zero-order valence-corrected chi connectivity index (χ0v) is 19.2. The Labute approximate surface area is 196 Å². The standard InChI is InChI=1S/C18H22N8O7S/c1-17(2,3)32-16(31)24-15-22-9(7-34-15)11(25-33-18(4-5-18)14(29)30)13(28)23-10-8(6-20-26-19)21-12(10)27/h7-8,10H,4-6H2,1-3H3,(H,21,27)(H,23,28)(H,29,30)(H,22,24,31)/b25-11-/t8-,10+/m1/s1. The molecule has 0 aromatic carbocycles. The number of anilines is 1. The molecule has 0 spiro atoms. The highest BCUT2D eigenvalue weighted by Gasteiger charge is 2.54. The van der Waals surface area contributed by atoms with E-state index in [0.29, 0.717) is 0 Å². The molecule has 0 bridgehead atoms. The molecule has 1 aliphatic carbocycles. The lowest BCUT2D eigenvalue weighted by Gasteiger charge is -2.36. The minimum atomic E-state index is -1.53. The van der Waals surface area contributed by atoms with E-state index in [9.17, 15) is 24.3 Å². The number of rotatable bonds is 9. The second kappa shape index (κ2) is 9.52. The number of thiazole rings is 1. The van der Waals surface area contributed by atoms with Gasteiger partial charge >= 0.3 is 12.1 Å². The maximum Gasteiger partial charge on any atom is 0.413 e. The van der Waals surface area contributed by atoms with Gasteiger partial charge in [0.05, 0.1) is 6.04 Å². The Hall–Kier alpha value is -3.91. The third kappa shape index (κ3) is 5.90. The Kier molecular flexibility index (Phi) is 6.93. The van der Waals surface area contributed by atoms with Crippen molar-refractivity contribution in [1.82, 2.24) is 15.6 Å². The Morgan fingerprint density at radius 1 is 1.41 bits per heavy atom. The summed E-state index contributed by atoms with van der Waals surface area (Å²) in [5.41, 5.74) is 5.76. The van der Waals surface area contributed by atoms with Crippen LogP contribution in [0.3, 0.4) is 0 Å². The first kappa shape index (κ1) is 24.7. The number of nitrogens with zero attached hydrogens (tertiary/aromatic N) is 5. The fraction of sp³-hybridized carbons (Fsp3) is 0.556. The molecule has 2 heterocycles. The number of carboxylic acids is 1. The molecular weight excluding hydrogens is 472 g/mol. The number of carbonyl (C=O) groups is 4. The third-order valence-electron chi connectivity index (χ3n) is 4.62. The quantitative estimate of drug-likeness (QED) is 0.0971. The summed E-state index contributed by atoms with van der Waals surface area (Å²) in [6.45, 7) is 4.98. The largest absolute Gasteiger partial charge is 0.478 e. The fourth-order valence-electron chi connectivity index (χ4n) is 2.72. The van der Waals surface area contributed by atoms with Gasteiger partial charge in [-0.2, -0.15) is 0 Å². The summed E-state index contributed by atoms with van der Waals surface area (Å²) in [5, 5.41) is 25.3. The first-order chi connectivity index (χ1) is 15.9. The van der Waals surface area contributed by atoms with Crippen molar-refractivity contribution in [2.75, 3.05) is 11.9 Å². The molecule has 0 radical (unpaired) electrons. The van der Waals surface area contributed by atoms with Gasteiger partial charge in [-0.3, -0.25) is 14.9 Å². The highest BCUT2D eigenvalue weighted by atomic mass is 32.1. The monoisotopic (exact) mass is 494 g/mol. The summed E-state index contributed by atoms with van der Waals surface area (Å²) >= 11 is 0.965. The van der Waals surface area contributed by atoms with Crippen molar-refractivity contribution >= 4 is 46.1 Å². The van der Waals surface area contributed by atoms with Gasteiger partial charge in [0.1, 0.15) is 17.3 Å². The smallest absolute Gasteiger partial charge is 0.413 e. The fourth-order valence-corrected chi connectivity index (χ4v) is 3.40. The van der Waals surface area contributed by atoms with Crippen LogP contribution in [-0.2, 0) is 24.0 Å². The van der Waals surface area contributed by atoms with E-state index in [1.54, 1.807) is 20.8 Å². The van der Waals surface area contributed by atoms with Gasteiger partial charge in [0.2, 0.25) is 11.5 Å². The SMILES string of the molecule is CC(C)(C)OC(=O)Nc1nc(/C(=N/OC2(C(=O)O)CC2)C(=O)N[C@@H]2C(=O)N[C@@H]2CN=[N+]=[N-])cs1. The van der Waals surface area contributed by atoms with E-state index in [1.165, 1.54) is 5.38 Å². The molecule has 34 heavy (non-hydrogen) atoms. The summed E-state index contributed by atoms with van der Waals surface area (Å²) in [7, 11) is 0. The number of hydrogen-bond acceptors (Lipinski definition) is 10. The number of carboxylic acid groups (broad SMARTS) is 1. The predicted octanol–water partition coefficient (Wildman–Crippen LogP) is 1.12. The van der Waals surface area contributed by atoms with Gasteiger partial charge in [0, 0.05) is 29.7 Å². The molecule has 16 heteroatoms. The molecule has 3 rings (SSSR count). The molecule has 3 amide bonds. The molecule has 1 saturated carbocycles. The maximum atomic E-state index is 12.9. The number of hydrogen-bond donors (Lipinski definition) is 4. The first-order valence-corrected chi connectivity index (χ1v) is 10.9. The zero-order chi connectivity index (χ0) is 25.1. The number of oxime groups is 1. The van der Waals surface area contributed by atoms with Crippen LogP contribution in [0.15, 0.2) is 15.7 Å². The van der Waals surface area contributed by atoms with Crippen molar-refractivity contribution in [3.05, 3.63) is 21.5 Å². The lowest BCUT2D eigenvalue weighted by Crippen LogP contribution is -2.70. The van der Waals surface area contributed by atoms with E-state index in [0.717, 1.165) is 11.3 Å². The van der Waals surface area contributed by atoms with E-state index in [1.807, 2.05) is 0 Å². The van der Waals surface area contributed by atoms with Gasteiger partial charge in [-0.15, -0.1) is 11.3 Å². The van der Waals surface area contributed by atoms with Crippen LogP contribution >= 0.6 is 11.3 Å². The lowest BCUT2D eigenvalue weighted by atomic mass is 9.99. The molecule has 15 nitrogen and oxygen atoms in total. The molecule has 182 valence electrons. The molecule has 1 saturated heterocycles. The molecule has 2 aliphatic rings. The van der Waals surface area contributed by atoms with E-state index >= 15 is 0 Å². The molecule has 4 N–H and O–H groups in total. The van der Waals surface area contributed by atoms with Crippen LogP contribution < -0.4 is 16.0 Å². The van der Waals surface area contributed by atoms with E-state index in [4.69, 9.17) is 15.1 Å². The van der Waals surface area contributed by atoms with Crippen molar-refractivity contribution in [2.45, 2.75) is 56.9 Å². The van der Waals surface area contributed by atoms with Gasteiger partial charge in [-0.25, -0.2) is 14.6 Å². The van der Waals surface area contributed by atoms with Crippen LogP contribution in [0.25, 0.3) is 10.4 Å². The minimum absolute atomic E-state index is 0.0268. The van der Waals surface area contributed by atoms with Gasteiger partial charge in [0.25, 0.3) is 5.91 Å². The van der Waals surface area contributed by atoms with Crippen molar-refractivity contribution in [3.63, 3.8) is 0 Å². The number of aromatic nitrogens is 1. The van der Waals surface area contributed by atoms with E-state index in [2.05, 4.69) is 36.1 Å². The van der Waals surface area contributed by atoms with Crippen LogP contribution in [0.1, 0.15) is 39.3 Å². The summed E-state index contributed by atoms with van der Waals surface area (Å²) in [5.74, 6) is -2.60. The number of azide groups is 1. The molecule has 1 aromatic heterocycles. The Bertz CT molecular complexity index is 1080. The Balaban J connectivity index is 1.79. The van der Waals surface area contributed by atoms with Gasteiger partial charge < -0.3 is 25.3 Å². The van der Waals surface area contributed by atoms with E-state index < -0.39 is 52.9 Å². The van der Waals surface area contributed by atoms with Crippen molar-refractivity contribution in [1.29, 1.82) is 0 Å². The number of ether oxygens (including phenoxy) is 1. The van der Waals surface area contributed by atoms with Crippen molar-refractivity contribution < 1.29 is 33.9 Å². The lowest BCUT2D eigenvalue weighted by molar-refractivity contribution is -0.153. The normalized spacial score (nSPS) is 20.7. The highest BCUT2D eigenvalue weighted by molar-refractivity contribution is 7.14. The molecule has 2 fully saturated rings.